The summed E-state index contributed by atoms with van der Waals surface area (Å²) in [7, 11) is 3.16. The molecule has 1 aliphatic carbocycles. The second-order valence-corrected chi connectivity index (χ2v) is 7.50. The van der Waals surface area contributed by atoms with Gasteiger partial charge in [-0.2, -0.15) is 0 Å². The highest BCUT2D eigenvalue weighted by Crippen LogP contribution is 2.49. The molecule has 1 N–H and O–H groups in total. The molecule has 0 unspecified atom stereocenters. The number of carbonyl (C=O) groups excluding carboxylic acids is 1. The molecule has 1 amide bonds. The number of aromatic nitrogens is 1. The Balaban J connectivity index is 1.59. The van der Waals surface area contributed by atoms with Crippen molar-refractivity contribution in [2.45, 2.75) is 25.2 Å². The van der Waals surface area contributed by atoms with Gasteiger partial charge in [-0.25, -0.2) is 0 Å². The lowest BCUT2D eigenvalue weighted by Crippen LogP contribution is -2.28. The average molecular weight is 413 g/mol. The summed E-state index contributed by atoms with van der Waals surface area (Å²) in [6.45, 7) is 1.88. The van der Waals surface area contributed by atoms with Crippen LogP contribution in [0.5, 0.6) is 11.5 Å². The van der Waals surface area contributed by atoms with E-state index in [4.69, 9.17) is 25.6 Å². The summed E-state index contributed by atoms with van der Waals surface area (Å²) < 4.78 is 16.2. The van der Waals surface area contributed by atoms with Gasteiger partial charge in [-0.15, -0.1) is 0 Å². The normalized spacial score (nSPS) is 14.3. The van der Waals surface area contributed by atoms with Crippen molar-refractivity contribution in [3.05, 3.63) is 58.7 Å². The van der Waals surface area contributed by atoms with Gasteiger partial charge in [0.15, 0.2) is 17.3 Å². The number of halogens is 1. The Labute approximate surface area is 173 Å². The monoisotopic (exact) mass is 412 g/mol. The van der Waals surface area contributed by atoms with Crippen LogP contribution in [-0.4, -0.2) is 25.3 Å². The Morgan fingerprint density at radius 2 is 1.90 bits per heavy atom. The molecule has 1 aromatic heterocycles. The van der Waals surface area contributed by atoms with Gasteiger partial charge in [0.2, 0.25) is 5.91 Å². The average Bonchev–Trinajstić information content (AvgIpc) is 3.40. The molecule has 0 aliphatic heterocycles. The summed E-state index contributed by atoms with van der Waals surface area (Å²) in [6, 6.07) is 12.8. The predicted octanol–water partition coefficient (Wildman–Crippen LogP) is 4.99. The third-order valence-corrected chi connectivity index (χ3v) is 5.78. The Hall–Kier alpha value is -2.99. The number of hydrogen-bond donors (Lipinski definition) is 1. The number of ether oxygens (including phenoxy) is 2. The van der Waals surface area contributed by atoms with Gasteiger partial charge in [0.05, 0.1) is 25.3 Å². The van der Waals surface area contributed by atoms with Crippen molar-refractivity contribution in [3.63, 3.8) is 0 Å². The molecule has 0 atom stereocenters. The summed E-state index contributed by atoms with van der Waals surface area (Å²) in [6.07, 6.45) is 1.44. The summed E-state index contributed by atoms with van der Waals surface area (Å²) in [4.78, 5) is 13.0. The topological polar surface area (TPSA) is 73.6 Å². The maximum atomic E-state index is 13.0. The smallest absolute Gasteiger partial charge is 0.236 e. The van der Waals surface area contributed by atoms with Crippen LogP contribution in [0.3, 0.4) is 0 Å². The van der Waals surface area contributed by atoms with Crippen LogP contribution in [-0.2, 0) is 10.2 Å². The highest BCUT2D eigenvalue weighted by molar-refractivity contribution is 6.31. The highest BCUT2D eigenvalue weighted by atomic mass is 35.5. The van der Waals surface area contributed by atoms with E-state index in [-0.39, 0.29) is 5.91 Å². The van der Waals surface area contributed by atoms with Gasteiger partial charge in [-0.3, -0.25) is 4.79 Å². The van der Waals surface area contributed by atoms with Gasteiger partial charge in [0.1, 0.15) is 0 Å². The molecule has 29 heavy (non-hydrogen) atoms. The molecule has 1 aliphatic rings. The maximum Gasteiger partial charge on any atom is 0.236 e. The van der Waals surface area contributed by atoms with Gasteiger partial charge >= 0.3 is 0 Å². The Morgan fingerprint density at radius 1 is 1.14 bits per heavy atom. The fourth-order valence-electron chi connectivity index (χ4n) is 3.34. The number of nitrogens with one attached hydrogen (secondary N) is 1. The molecule has 1 heterocycles. The zero-order valence-electron chi connectivity index (χ0n) is 16.4. The van der Waals surface area contributed by atoms with Gasteiger partial charge in [-0.05, 0) is 55.7 Å². The molecule has 0 spiro atoms. The van der Waals surface area contributed by atoms with E-state index in [9.17, 15) is 4.79 Å². The number of carbonyl (C=O) groups is 1. The van der Waals surface area contributed by atoms with E-state index in [2.05, 4.69) is 10.5 Å². The third kappa shape index (κ3) is 3.44. The SMILES string of the molecule is COc1ccc(-c2cc(C3(C(=O)Nc4cccc(Cl)c4C)CC3)no2)cc1OC. The lowest BCUT2D eigenvalue weighted by atomic mass is 9.99. The quantitative estimate of drug-likeness (QED) is 0.617. The van der Waals surface area contributed by atoms with Crippen molar-refractivity contribution < 1.29 is 18.8 Å². The van der Waals surface area contributed by atoms with Crippen LogP contribution < -0.4 is 14.8 Å². The van der Waals surface area contributed by atoms with E-state index in [1.165, 1.54) is 0 Å². The lowest BCUT2D eigenvalue weighted by molar-refractivity contribution is -0.118. The second kappa shape index (κ2) is 7.44. The minimum atomic E-state index is -0.674. The fraction of sp³-hybridized carbons (Fsp3) is 0.273. The molecule has 2 aromatic carbocycles. The number of rotatable bonds is 6. The molecule has 1 fully saturated rings. The van der Waals surface area contributed by atoms with E-state index >= 15 is 0 Å². The zero-order chi connectivity index (χ0) is 20.6. The molecular weight excluding hydrogens is 392 g/mol. The van der Waals surface area contributed by atoms with Crippen LogP contribution in [0, 0.1) is 6.92 Å². The number of nitrogens with zero attached hydrogens (tertiary/aromatic N) is 1. The predicted molar refractivity (Wildman–Crippen MR) is 111 cm³/mol. The van der Waals surface area contributed by atoms with Crippen molar-refractivity contribution in [1.82, 2.24) is 5.16 Å². The first-order valence-electron chi connectivity index (χ1n) is 9.24. The molecule has 7 heteroatoms. The molecule has 0 radical (unpaired) electrons. The van der Waals surface area contributed by atoms with Gasteiger partial charge in [0, 0.05) is 22.3 Å². The van der Waals surface area contributed by atoms with Gasteiger partial charge in [-0.1, -0.05) is 22.8 Å². The summed E-state index contributed by atoms with van der Waals surface area (Å²) in [5.74, 6) is 1.69. The summed E-state index contributed by atoms with van der Waals surface area (Å²) in [5, 5.41) is 7.80. The molecule has 1 saturated carbocycles. The van der Waals surface area contributed by atoms with Gasteiger partial charge < -0.3 is 19.3 Å². The van der Waals surface area contributed by atoms with Crippen LogP contribution in [0.25, 0.3) is 11.3 Å². The Bertz CT molecular complexity index is 1070. The van der Waals surface area contributed by atoms with E-state index in [0.717, 1.165) is 24.0 Å². The van der Waals surface area contributed by atoms with Crippen molar-refractivity contribution in [2.75, 3.05) is 19.5 Å². The second-order valence-electron chi connectivity index (χ2n) is 7.09. The maximum absolute atomic E-state index is 13.0. The Morgan fingerprint density at radius 3 is 2.59 bits per heavy atom. The van der Waals surface area contributed by atoms with Crippen molar-refractivity contribution in [3.8, 4) is 22.8 Å². The van der Waals surface area contributed by atoms with Gasteiger partial charge in [0.25, 0.3) is 0 Å². The van der Waals surface area contributed by atoms with Crippen LogP contribution in [0.1, 0.15) is 24.1 Å². The molecule has 0 bridgehead atoms. The van der Waals surface area contributed by atoms with E-state index in [1.807, 2.05) is 37.3 Å². The van der Waals surface area contributed by atoms with Crippen LogP contribution in [0.2, 0.25) is 5.02 Å². The lowest BCUT2D eigenvalue weighted by Gasteiger charge is -2.14. The van der Waals surface area contributed by atoms with E-state index in [0.29, 0.717) is 33.7 Å². The number of benzene rings is 2. The molecule has 4 rings (SSSR count). The van der Waals surface area contributed by atoms with Crippen molar-refractivity contribution in [1.29, 1.82) is 0 Å². The molecule has 0 saturated heterocycles. The molecule has 6 nitrogen and oxygen atoms in total. The standard InChI is InChI=1S/C22H21ClN2O4/c1-13-15(23)5-4-6-16(13)24-21(26)22(9-10-22)20-12-18(29-25-20)14-7-8-17(27-2)19(11-14)28-3/h4-8,11-12H,9-10H2,1-3H3,(H,24,26). The van der Waals surface area contributed by atoms with Crippen LogP contribution in [0.4, 0.5) is 5.69 Å². The molecular formula is C22H21ClN2O4. The first kappa shape index (κ1) is 19.3. The number of methoxy groups -OCH3 is 2. The van der Waals surface area contributed by atoms with Crippen molar-refractivity contribution >= 4 is 23.2 Å². The highest BCUT2D eigenvalue weighted by Gasteiger charge is 2.54. The van der Waals surface area contributed by atoms with E-state index < -0.39 is 5.41 Å². The largest absolute Gasteiger partial charge is 0.493 e. The number of anilines is 1. The summed E-state index contributed by atoms with van der Waals surface area (Å²) in [5.41, 5.74) is 2.29. The summed E-state index contributed by atoms with van der Waals surface area (Å²) >= 11 is 6.16. The number of hydrogen-bond acceptors (Lipinski definition) is 5. The Kier molecular flexibility index (Phi) is 4.96. The third-order valence-electron chi connectivity index (χ3n) is 5.37. The minimum absolute atomic E-state index is 0.102. The fourth-order valence-corrected chi connectivity index (χ4v) is 3.51. The van der Waals surface area contributed by atoms with E-state index in [1.54, 1.807) is 26.4 Å². The van der Waals surface area contributed by atoms with Crippen molar-refractivity contribution in [2.24, 2.45) is 0 Å². The molecule has 150 valence electrons. The van der Waals surface area contributed by atoms with Crippen LogP contribution >= 0.6 is 11.6 Å². The van der Waals surface area contributed by atoms with Crippen LogP contribution in [0.15, 0.2) is 47.0 Å². The first-order valence-corrected chi connectivity index (χ1v) is 9.62. The molecule has 3 aromatic rings. The number of amides is 1. The first-order chi connectivity index (χ1) is 14.0. The zero-order valence-corrected chi connectivity index (χ0v) is 17.2. The minimum Gasteiger partial charge on any atom is -0.493 e.